The molecule has 140 valence electrons. The highest BCUT2D eigenvalue weighted by Crippen LogP contribution is 2.52. The predicted molar refractivity (Wildman–Crippen MR) is 120 cm³/mol. The quantitative estimate of drug-likeness (QED) is 0.512. The van der Waals surface area contributed by atoms with Gasteiger partial charge in [0.25, 0.3) is 0 Å². The zero-order chi connectivity index (χ0) is 19.3. The van der Waals surface area contributed by atoms with Gasteiger partial charge >= 0.3 is 0 Å². The van der Waals surface area contributed by atoms with Crippen LogP contribution in [0.4, 0.5) is 0 Å². The van der Waals surface area contributed by atoms with Crippen LogP contribution >= 0.6 is 0 Å². The van der Waals surface area contributed by atoms with Crippen LogP contribution in [-0.4, -0.2) is 0 Å². The van der Waals surface area contributed by atoms with E-state index in [0.717, 1.165) is 12.8 Å². The molecule has 3 aliphatic rings. The highest BCUT2D eigenvalue weighted by atomic mass is 14.4. The summed E-state index contributed by atoms with van der Waals surface area (Å²) >= 11 is 0. The lowest BCUT2D eigenvalue weighted by Crippen LogP contribution is -2.17. The Kier molecular flexibility index (Phi) is 4.05. The fourth-order valence-electron chi connectivity index (χ4n) is 5.13. The molecule has 0 nitrogen and oxygen atoms in total. The van der Waals surface area contributed by atoms with E-state index in [0.29, 0.717) is 0 Å². The first-order valence-electron chi connectivity index (χ1n) is 10.6. The third-order valence-electron chi connectivity index (χ3n) is 6.70. The second kappa shape index (κ2) is 6.48. The van der Waals surface area contributed by atoms with Gasteiger partial charge in [-0.25, -0.2) is 0 Å². The molecule has 0 N–H and O–H groups in total. The average molecular weight is 365 g/mol. The van der Waals surface area contributed by atoms with Crippen molar-refractivity contribution in [2.24, 2.45) is 0 Å². The molecule has 0 radical (unpaired) electrons. The lowest BCUT2D eigenvalue weighted by Gasteiger charge is -2.26. The van der Waals surface area contributed by atoms with E-state index in [4.69, 9.17) is 0 Å². The van der Waals surface area contributed by atoms with Crippen molar-refractivity contribution in [2.75, 3.05) is 0 Å². The van der Waals surface area contributed by atoms with Crippen LogP contribution < -0.4 is 0 Å². The van der Waals surface area contributed by atoms with Crippen molar-refractivity contribution in [3.8, 4) is 11.1 Å². The third kappa shape index (κ3) is 2.75. The number of hydrogen-bond donors (Lipinski definition) is 0. The molecule has 0 heterocycles. The highest BCUT2D eigenvalue weighted by molar-refractivity contribution is 5.86. The first kappa shape index (κ1) is 17.5. The van der Waals surface area contributed by atoms with Gasteiger partial charge in [0.2, 0.25) is 0 Å². The minimum Gasteiger partial charge on any atom is -0.0836 e. The SMILES string of the molecule is Cc1cccc(-c2ccc3c(c2)C2=C(C=C(C4=CCCC=C4)CC2)C3(C)C)c1. The average Bonchev–Trinajstić information content (AvgIpc) is 2.95. The Morgan fingerprint density at radius 1 is 0.893 bits per heavy atom. The summed E-state index contributed by atoms with van der Waals surface area (Å²) < 4.78 is 0. The van der Waals surface area contributed by atoms with Crippen LogP contribution in [0.15, 0.2) is 83.5 Å². The molecule has 0 fully saturated rings. The van der Waals surface area contributed by atoms with Crippen molar-refractivity contribution in [1.29, 1.82) is 0 Å². The molecule has 5 rings (SSSR count). The van der Waals surface area contributed by atoms with Crippen LogP contribution in [0.25, 0.3) is 16.7 Å². The molecule has 0 amide bonds. The highest BCUT2D eigenvalue weighted by Gasteiger charge is 2.38. The normalized spacial score (nSPS) is 19.8. The van der Waals surface area contributed by atoms with Crippen molar-refractivity contribution < 1.29 is 0 Å². The molecule has 0 aliphatic heterocycles. The number of rotatable bonds is 2. The molecule has 28 heavy (non-hydrogen) atoms. The van der Waals surface area contributed by atoms with Gasteiger partial charge < -0.3 is 0 Å². The maximum absolute atomic E-state index is 2.51. The van der Waals surface area contributed by atoms with E-state index < -0.39 is 0 Å². The van der Waals surface area contributed by atoms with E-state index in [9.17, 15) is 0 Å². The summed E-state index contributed by atoms with van der Waals surface area (Å²) in [7, 11) is 0. The van der Waals surface area contributed by atoms with Crippen LogP contribution in [0.3, 0.4) is 0 Å². The minimum atomic E-state index is 0.0837. The van der Waals surface area contributed by atoms with Crippen LogP contribution in [-0.2, 0) is 5.41 Å². The Balaban J connectivity index is 1.61. The van der Waals surface area contributed by atoms with Crippen LogP contribution in [0.1, 0.15) is 56.2 Å². The zero-order valence-electron chi connectivity index (χ0n) is 17.2. The van der Waals surface area contributed by atoms with Crippen LogP contribution in [0.2, 0.25) is 0 Å². The summed E-state index contributed by atoms with van der Waals surface area (Å²) in [6.07, 6.45) is 14.2. The minimum absolute atomic E-state index is 0.0837. The Bertz CT molecular complexity index is 1080. The maximum atomic E-state index is 2.51. The Hall–Kier alpha value is -2.60. The summed E-state index contributed by atoms with van der Waals surface area (Å²) in [5.74, 6) is 0. The van der Waals surface area contributed by atoms with Gasteiger partial charge in [0, 0.05) is 5.41 Å². The molecule has 0 heteroatoms. The predicted octanol–water partition coefficient (Wildman–Crippen LogP) is 7.70. The van der Waals surface area contributed by atoms with E-state index in [2.05, 4.69) is 87.5 Å². The second-order valence-electron chi connectivity index (χ2n) is 8.96. The summed E-state index contributed by atoms with van der Waals surface area (Å²) in [4.78, 5) is 0. The topological polar surface area (TPSA) is 0 Å². The first-order valence-corrected chi connectivity index (χ1v) is 10.6. The zero-order valence-corrected chi connectivity index (χ0v) is 17.2. The molecule has 2 aromatic carbocycles. The van der Waals surface area contributed by atoms with Gasteiger partial charge in [0.1, 0.15) is 0 Å². The first-order chi connectivity index (χ1) is 13.5. The molecule has 0 atom stereocenters. The summed E-state index contributed by atoms with van der Waals surface area (Å²) in [5, 5.41) is 0. The maximum Gasteiger partial charge on any atom is 0.0155 e. The van der Waals surface area contributed by atoms with Crippen LogP contribution in [0.5, 0.6) is 0 Å². The molecule has 3 aliphatic carbocycles. The number of fused-ring (bicyclic) bond motifs is 2. The van der Waals surface area contributed by atoms with Gasteiger partial charge in [0.05, 0.1) is 0 Å². The van der Waals surface area contributed by atoms with E-state index in [1.807, 2.05) is 0 Å². The van der Waals surface area contributed by atoms with E-state index in [-0.39, 0.29) is 5.41 Å². The van der Waals surface area contributed by atoms with Crippen molar-refractivity contribution in [1.82, 2.24) is 0 Å². The lowest BCUT2D eigenvalue weighted by atomic mass is 9.77. The standard InChI is InChI=1S/C28H28/c1-19-8-7-11-21(16-19)22-13-15-26-25(17-22)24-14-12-23(18-27(24)28(26,2)3)20-9-5-4-6-10-20/h5,7-11,13,15-18H,4,6,12,14H2,1-3H3. The number of aryl methyl sites for hydroxylation is 1. The molecule has 0 spiro atoms. The van der Waals surface area contributed by atoms with Crippen LogP contribution in [0, 0.1) is 6.92 Å². The van der Waals surface area contributed by atoms with Gasteiger partial charge in [0.15, 0.2) is 0 Å². The van der Waals surface area contributed by atoms with E-state index in [1.165, 1.54) is 57.4 Å². The van der Waals surface area contributed by atoms with Crippen molar-refractivity contribution in [2.45, 2.75) is 51.9 Å². The molecule has 0 saturated heterocycles. The van der Waals surface area contributed by atoms with Gasteiger partial charge in [-0.15, -0.1) is 0 Å². The van der Waals surface area contributed by atoms with E-state index in [1.54, 1.807) is 5.57 Å². The van der Waals surface area contributed by atoms with E-state index >= 15 is 0 Å². The summed E-state index contributed by atoms with van der Waals surface area (Å²) in [5.41, 5.74) is 13.1. The molecule has 0 aromatic heterocycles. The van der Waals surface area contributed by atoms with Gasteiger partial charge in [-0.1, -0.05) is 80.1 Å². The Labute approximate surface area is 169 Å². The number of benzene rings is 2. The summed E-state index contributed by atoms with van der Waals surface area (Å²) in [6, 6.07) is 16.0. The smallest absolute Gasteiger partial charge is 0.0155 e. The molecular formula is C28H28. The van der Waals surface area contributed by atoms with Crippen molar-refractivity contribution in [3.63, 3.8) is 0 Å². The van der Waals surface area contributed by atoms with Crippen molar-refractivity contribution in [3.05, 3.63) is 100 Å². The lowest BCUT2D eigenvalue weighted by molar-refractivity contribution is 0.650. The van der Waals surface area contributed by atoms with Gasteiger partial charge in [-0.05, 0) is 83.2 Å². The largest absolute Gasteiger partial charge is 0.0836 e. The fraction of sp³-hybridized carbons (Fsp3) is 0.286. The van der Waals surface area contributed by atoms with Gasteiger partial charge in [-0.3, -0.25) is 0 Å². The van der Waals surface area contributed by atoms with Crippen molar-refractivity contribution >= 4 is 5.57 Å². The molecule has 0 unspecified atom stereocenters. The molecular weight excluding hydrogens is 336 g/mol. The molecule has 2 aromatic rings. The Morgan fingerprint density at radius 3 is 2.54 bits per heavy atom. The second-order valence-corrected chi connectivity index (χ2v) is 8.96. The third-order valence-corrected chi connectivity index (χ3v) is 6.70. The number of allylic oxidation sites excluding steroid dienone is 8. The Morgan fingerprint density at radius 2 is 1.75 bits per heavy atom. The monoisotopic (exact) mass is 364 g/mol. The molecule has 0 bridgehead atoms. The summed E-state index contributed by atoms with van der Waals surface area (Å²) in [6.45, 7) is 6.96. The molecule has 0 saturated carbocycles. The fourth-order valence-corrected chi connectivity index (χ4v) is 5.13. The number of hydrogen-bond acceptors (Lipinski definition) is 0. The van der Waals surface area contributed by atoms with Gasteiger partial charge in [-0.2, -0.15) is 0 Å².